The van der Waals surface area contributed by atoms with Crippen LogP contribution in [0.1, 0.15) is 16.7 Å². The second kappa shape index (κ2) is 7.87. The molecule has 1 saturated heterocycles. The maximum atomic E-state index is 12.9. The minimum absolute atomic E-state index is 0.0556. The Labute approximate surface area is 173 Å². The molecular formula is C23H21N3O4. The van der Waals surface area contributed by atoms with Crippen LogP contribution in [0.3, 0.4) is 0 Å². The standard InChI is InChI=1S/C23H21N3O4/c1-15-7-9-16(10-8-15)12-26-22(28)19(24-23(26)29)11-17-13-25(14-21(27)30-2)20-6-4-3-5-18(17)20/h3-11,13H,12,14H2,1-2H3,(H,24,29)/b19-11-. The number of esters is 1. The van der Waals surface area contributed by atoms with Gasteiger partial charge in [-0.1, -0.05) is 48.0 Å². The predicted octanol–water partition coefficient (Wildman–Crippen LogP) is 3.22. The molecule has 1 fully saturated rings. The van der Waals surface area contributed by atoms with Crippen molar-refractivity contribution < 1.29 is 19.1 Å². The number of aromatic nitrogens is 1. The van der Waals surface area contributed by atoms with Crippen molar-refractivity contribution in [3.05, 3.63) is 77.1 Å². The fourth-order valence-electron chi connectivity index (χ4n) is 3.47. The molecule has 2 heterocycles. The molecule has 152 valence electrons. The Balaban J connectivity index is 1.64. The number of imide groups is 1. The summed E-state index contributed by atoms with van der Waals surface area (Å²) in [7, 11) is 1.34. The second-order valence-corrected chi connectivity index (χ2v) is 7.17. The molecule has 2 aromatic carbocycles. The van der Waals surface area contributed by atoms with Gasteiger partial charge in [0.05, 0.1) is 13.7 Å². The molecule has 7 nitrogen and oxygen atoms in total. The van der Waals surface area contributed by atoms with Crippen LogP contribution in [0.15, 0.2) is 60.4 Å². The number of rotatable bonds is 5. The first-order valence-electron chi connectivity index (χ1n) is 9.51. The summed E-state index contributed by atoms with van der Waals surface area (Å²) >= 11 is 0. The van der Waals surface area contributed by atoms with Gasteiger partial charge in [0.1, 0.15) is 12.2 Å². The Morgan fingerprint density at radius 3 is 2.57 bits per heavy atom. The van der Waals surface area contributed by atoms with Crippen molar-refractivity contribution in [1.29, 1.82) is 0 Å². The molecular weight excluding hydrogens is 382 g/mol. The van der Waals surface area contributed by atoms with Crippen molar-refractivity contribution in [3.8, 4) is 0 Å². The zero-order chi connectivity index (χ0) is 21.3. The van der Waals surface area contributed by atoms with Crippen molar-refractivity contribution in [2.75, 3.05) is 7.11 Å². The van der Waals surface area contributed by atoms with Gasteiger partial charge in [0, 0.05) is 22.7 Å². The van der Waals surface area contributed by atoms with E-state index in [4.69, 9.17) is 4.74 Å². The lowest BCUT2D eigenvalue weighted by Crippen LogP contribution is -2.30. The molecule has 7 heteroatoms. The molecule has 1 aliphatic rings. The molecule has 0 saturated carbocycles. The largest absolute Gasteiger partial charge is 0.468 e. The topological polar surface area (TPSA) is 80.6 Å². The van der Waals surface area contributed by atoms with E-state index in [0.29, 0.717) is 0 Å². The first kappa shape index (κ1) is 19.4. The highest BCUT2D eigenvalue weighted by molar-refractivity contribution is 6.14. The van der Waals surface area contributed by atoms with Gasteiger partial charge in [-0.15, -0.1) is 0 Å². The minimum atomic E-state index is -0.454. The minimum Gasteiger partial charge on any atom is -0.468 e. The van der Waals surface area contributed by atoms with E-state index in [1.807, 2.05) is 55.5 Å². The van der Waals surface area contributed by atoms with Gasteiger partial charge in [0.25, 0.3) is 5.91 Å². The Hall–Kier alpha value is -3.87. The maximum Gasteiger partial charge on any atom is 0.329 e. The lowest BCUT2D eigenvalue weighted by Gasteiger charge is -2.11. The highest BCUT2D eigenvalue weighted by Crippen LogP contribution is 2.25. The number of benzene rings is 2. The number of nitrogens with one attached hydrogen (secondary N) is 1. The van der Waals surface area contributed by atoms with Gasteiger partial charge >= 0.3 is 12.0 Å². The average molecular weight is 403 g/mol. The summed E-state index contributed by atoms with van der Waals surface area (Å²) in [4.78, 5) is 38.2. The summed E-state index contributed by atoms with van der Waals surface area (Å²) in [6, 6.07) is 14.8. The molecule has 1 aliphatic heterocycles. The summed E-state index contributed by atoms with van der Waals surface area (Å²) in [5.74, 6) is -0.755. The molecule has 1 aromatic heterocycles. The third-order valence-electron chi connectivity index (χ3n) is 5.07. The fraction of sp³-hybridized carbons (Fsp3) is 0.174. The van der Waals surface area contributed by atoms with Crippen molar-refractivity contribution >= 4 is 34.9 Å². The molecule has 0 bridgehead atoms. The van der Waals surface area contributed by atoms with Crippen LogP contribution in [0.25, 0.3) is 17.0 Å². The van der Waals surface area contributed by atoms with Crippen LogP contribution in [0.4, 0.5) is 4.79 Å². The van der Waals surface area contributed by atoms with E-state index in [-0.39, 0.29) is 30.7 Å². The molecule has 4 rings (SSSR count). The maximum absolute atomic E-state index is 12.9. The van der Waals surface area contributed by atoms with Gasteiger partial charge in [-0.2, -0.15) is 0 Å². The third-order valence-corrected chi connectivity index (χ3v) is 5.07. The van der Waals surface area contributed by atoms with E-state index in [1.165, 1.54) is 12.0 Å². The Morgan fingerprint density at radius 2 is 1.83 bits per heavy atom. The number of urea groups is 1. The van der Waals surface area contributed by atoms with Crippen molar-refractivity contribution in [2.24, 2.45) is 0 Å². The number of amides is 3. The van der Waals surface area contributed by atoms with E-state index in [1.54, 1.807) is 16.8 Å². The monoisotopic (exact) mass is 403 g/mol. The van der Waals surface area contributed by atoms with Crippen LogP contribution >= 0.6 is 0 Å². The molecule has 30 heavy (non-hydrogen) atoms. The highest BCUT2D eigenvalue weighted by atomic mass is 16.5. The zero-order valence-electron chi connectivity index (χ0n) is 16.7. The SMILES string of the molecule is COC(=O)Cn1cc(/C=C2\NC(=O)N(Cc3ccc(C)cc3)C2=O)c2ccccc21. The molecule has 1 N–H and O–H groups in total. The first-order chi connectivity index (χ1) is 14.5. The van der Waals surface area contributed by atoms with Gasteiger partial charge in [-0.3, -0.25) is 14.5 Å². The number of carbonyl (C=O) groups is 3. The quantitative estimate of drug-likeness (QED) is 0.403. The fourth-order valence-corrected chi connectivity index (χ4v) is 3.47. The van der Waals surface area contributed by atoms with Crippen molar-refractivity contribution in [3.63, 3.8) is 0 Å². The summed E-state index contributed by atoms with van der Waals surface area (Å²) in [5.41, 5.74) is 3.76. The number of hydrogen-bond acceptors (Lipinski definition) is 4. The number of aryl methyl sites for hydroxylation is 1. The van der Waals surface area contributed by atoms with Gasteiger partial charge in [-0.05, 0) is 24.6 Å². The zero-order valence-corrected chi connectivity index (χ0v) is 16.7. The Bertz CT molecular complexity index is 1170. The van der Waals surface area contributed by atoms with Gasteiger partial charge in [-0.25, -0.2) is 4.79 Å². The summed E-state index contributed by atoms with van der Waals surface area (Å²) in [6.07, 6.45) is 3.42. The molecule has 0 unspecified atom stereocenters. The summed E-state index contributed by atoms with van der Waals surface area (Å²) in [5, 5.41) is 3.53. The lowest BCUT2D eigenvalue weighted by molar-refractivity contribution is -0.141. The van der Waals surface area contributed by atoms with E-state index in [2.05, 4.69) is 5.32 Å². The predicted molar refractivity (Wildman–Crippen MR) is 112 cm³/mol. The van der Waals surface area contributed by atoms with E-state index in [9.17, 15) is 14.4 Å². The Morgan fingerprint density at radius 1 is 1.10 bits per heavy atom. The average Bonchev–Trinajstić information content (AvgIpc) is 3.22. The summed E-state index contributed by atoms with van der Waals surface area (Å²) < 4.78 is 6.52. The lowest BCUT2D eigenvalue weighted by atomic mass is 10.1. The van der Waals surface area contributed by atoms with Gasteiger partial charge in [0.2, 0.25) is 0 Å². The molecule has 0 atom stereocenters. The molecule has 3 amide bonds. The first-order valence-corrected chi connectivity index (χ1v) is 9.51. The van der Waals surface area contributed by atoms with Crippen molar-refractivity contribution in [2.45, 2.75) is 20.0 Å². The number of para-hydroxylation sites is 1. The second-order valence-electron chi connectivity index (χ2n) is 7.17. The number of carbonyl (C=O) groups excluding carboxylic acids is 3. The van der Waals surface area contributed by atoms with Crippen LogP contribution in [0, 0.1) is 6.92 Å². The number of fused-ring (bicyclic) bond motifs is 1. The van der Waals surface area contributed by atoms with Crippen LogP contribution < -0.4 is 5.32 Å². The molecule has 3 aromatic rings. The number of methoxy groups -OCH3 is 1. The van der Waals surface area contributed by atoms with E-state index >= 15 is 0 Å². The van der Waals surface area contributed by atoms with Crippen LogP contribution in [-0.2, 0) is 27.4 Å². The molecule has 0 aliphatic carbocycles. The van der Waals surface area contributed by atoms with Gasteiger partial charge in [0.15, 0.2) is 0 Å². The highest BCUT2D eigenvalue weighted by Gasteiger charge is 2.33. The van der Waals surface area contributed by atoms with Crippen molar-refractivity contribution in [1.82, 2.24) is 14.8 Å². The van der Waals surface area contributed by atoms with Gasteiger partial charge < -0.3 is 14.6 Å². The molecule has 0 radical (unpaired) electrons. The smallest absolute Gasteiger partial charge is 0.329 e. The molecule has 0 spiro atoms. The van der Waals surface area contributed by atoms with E-state index in [0.717, 1.165) is 27.6 Å². The normalized spacial score (nSPS) is 15.1. The van der Waals surface area contributed by atoms with Crippen LogP contribution in [0.5, 0.6) is 0 Å². The third kappa shape index (κ3) is 3.69. The van der Waals surface area contributed by atoms with E-state index < -0.39 is 6.03 Å². The Kier molecular flexibility index (Phi) is 5.10. The number of hydrogen-bond donors (Lipinski definition) is 1. The number of ether oxygens (including phenoxy) is 1. The summed E-state index contributed by atoms with van der Waals surface area (Å²) in [6.45, 7) is 2.24. The number of nitrogens with zero attached hydrogens (tertiary/aromatic N) is 2. The van der Waals surface area contributed by atoms with Crippen LogP contribution in [0.2, 0.25) is 0 Å². The van der Waals surface area contributed by atoms with Crippen LogP contribution in [-0.4, -0.2) is 34.5 Å².